The number of ether oxygens (including phenoxy) is 1. The third-order valence-electron chi connectivity index (χ3n) is 3.29. The number of fused-ring (bicyclic) bond motifs is 1. The van der Waals surface area contributed by atoms with Gasteiger partial charge in [0, 0.05) is 4.88 Å². The van der Waals surface area contributed by atoms with Crippen molar-refractivity contribution in [1.82, 2.24) is 0 Å². The lowest BCUT2D eigenvalue weighted by atomic mass is 10.1. The number of benzene rings is 1. The van der Waals surface area contributed by atoms with E-state index in [0.717, 1.165) is 4.88 Å². The van der Waals surface area contributed by atoms with E-state index < -0.39 is 16.0 Å². The van der Waals surface area contributed by atoms with Gasteiger partial charge in [-0.25, -0.2) is 13.2 Å². The Kier molecular flexibility index (Phi) is 3.57. The number of hydrogen-bond donors (Lipinski definition) is 1. The van der Waals surface area contributed by atoms with Gasteiger partial charge in [0.05, 0.1) is 12.2 Å². The maximum absolute atomic E-state index is 12.8. The molecule has 8 heteroatoms. The van der Waals surface area contributed by atoms with Crippen molar-refractivity contribution in [2.24, 2.45) is 0 Å². The van der Waals surface area contributed by atoms with E-state index in [0.29, 0.717) is 0 Å². The van der Waals surface area contributed by atoms with Gasteiger partial charge in [-0.1, -0.05) is 6.07 Å². The number of hydrogen-bond acceptors (Lipinski definition) is 5. The van der Waals surface area contributed by atoms with Gasteiger partial charge in [-0.2, -0.15) is 0 Å². The number of aryl methyl sites for hydroxylation is 1. The monoisotopic (exact) mass is 339 g/mol. The van der Waals surface area contributed by atoms with Crippen LogP contribution in [0.25, 0.3) is 0 Å². The predicted octanol–water partition coefficient (Wildman–Crippen LogP) is 2.34. The molecule has 0 radical (unpaired) electrons. The molecule has 3 rings (SSSR count). The van der Waals surface area contributed by atoms with Gasteiger partial charge in [-0.15, -0.1) is 11.3 Å². The normalized spacial score (nSPS) is 14.3. The molecule has 2 heterocycles. The molecule has 0 saturated carbocycles. The zero-order valence-electron chi connectivity index (χ0n) is 11.6. The maximum Gasteiger partial charge on any atom is 0.339 e. The largest absolute Gasteiger partial charge is 0.489 e. The molecular weight excluding hydrogens is 326 g/mol. The molecule has 0 fully saturated rings. The molecule has 1 N–H and O–H groups in total. The zero-order chi connectivity index (χ0) is 15.9. The van der Waals surface area contributed by atoms with Gasteiger partial charge in [0.25, 0.3) is 10.0 Å². The van der Waals surface area contributed by atoms with Gasteiger partial charge in [-0.05, 0) is 31.2 Å². The highest BCUT2D eigenvalue weighted by Crippen LogP contribution is 2.38. The molecule has 1 aliphatic heterocycles. The molecule has 0 unspecified atom stereocenters. The SMILES string of the molecule is Cc1ccc(S(=O)(=O)N2CCOc3c(C(=O)O)cccc32)s1. The van der Waals surface area contributed by atoms with Crippen molar-refractivity contribution >= 4 is 33.0 Å². The van der Waals surface area contributed by atoms with Crippen LogP contribution >= 0.6 is 11.3 Å². The van der Waals surface area contributed by atoms with Crippen LogP contribution in [0.2, 0.25) is 0 Å². The number of carbonyl (C=O) groups is 1. The van der Waals surface area contributed by atoms with Gasteiger partial charge in [0.15, 0.2) is 5.75 Å². The molecule has 6 nitrogen and oxygen atoms in total. The average molecular weight is 339 g/mol. The first-order valence-electron chi connectivity index (χ1n) is 6.49. The van der Waals surface area contributed by atoms with Crippen LogP contribution in [-0.4, -0.2) is 32.6 Å². The van der Waals surface area contributed by atoms with Crippen molar-refractivity contribution in [3.63, 3.8) is 0 Å². The first kappa shape index (κ1) is 14.9. The Bertz CT molecular complexity index is 841. The first-order chi connectivity index (χ1) is 10.4. The van der Waals surface area contributed by atoms with Crippen molar-refractivity contribution in [2.45, 2.75) is 11.1 Å². The summed E-state index contributed by atoms with van der Waals surface area (Å²) in [5, 5.41) is 9.20. The third-order valence-corrected chi connectivity index (χ3v) is 6.58. The van der Waals surface area contributed by atoms with E-state index in [4.69, 9.17) is 4.74 Å². The van der Waals surface area contributed by atoms with E-state index in [1.807, 2.05) is 6.92 Å². The highest BCUT2D eigenvalue weighted by atomic mass is 32.2. The fourth-order valence-electron chi connectivity index (χ4n) is 2.30. The number of sulfonamides is 1. The molecule has 0 amide bonds. The Balaban J connectivity index is 2.13. The summed E-state index contributed by atoms with van der Waals surface area (Å²) in [6.45, 7) is 2.09. The van der Waals surface area contributed by atoms with E-state index >= 15 is 0 Å². The van der Waals surface area contributed by atoms with Crippen LogP contribution in [0, 0.1) is 6.92 Å². The minimum absolute atomic E-state index is 0.0419. The lowest BCUT2D eigenvalue weighted by Gasteiger charge is -2.30. The summed E-state index contributed by atoms with van der Waals surface area (Å²) in [4.78, 5) is 12.2. The number of thiophene rings is 1. The van der Waals surface area contributed by atoms with Crippen LogP contribution < -0.4 is 9.04 Å². The van der Waals surface area contributed by atoms with Crippen LogP contribution in [-0.2, 0) is 10.0 Å². The van der Waals surface area contributed by atoms with Crippen molar-refractivity contribution in [3.05, 3.63) is 40.8 Å². The fourth-order valence-corrected chi connectivity index (χ4v) is 5.15. The van der Waals surface area contributed by atoms with E-state index in [-0.39, 0.29) is 34.4 Å². The molecule has 22 heavy (non-hydrogen) atoms. The number of carboxylic acids is 1. The fraction of sp³-hybridized carbons (Fsp3) is 0.214. The van der Waals surface area contributed by atoms with Crippen molar-refractivity contribution in [3.8, 4) is 5.75 Å². The Morgan fingerprint density at radius 2 is 2.09 bits per heavy atom. The lowest BCUT2D eigenvalue weighted by molar-refractivity contribution is 0.0692. The average Bonchev–Trinajstić information content (AvgIpc) is 2.93. The number of anilines is 1. The van der Waals surface area contributed by atoms with Crippen LogP contribution in [0.5, 0.6) is 5.75 Å². The van der Waals surface area contributed by atoms with Crippen LogP contribution in [0.1, 0.15) is 15.2 Å². The Morgan fingerprint density at radius 1 is 1.32 bits per heavy atom. The predicted molar refractivity (Wildman–Crippen MR) is 82.5 cm³/mol. The van der Waals surface area contributed by atoms with Crippen molar-refractivity contribution in [2.75, 3.05) is 17.5 Å². The summed E-state index contributed by atoms with van der Waals surface area (Å²) in [5.74, 6) is -1.05. The highest BCUT2D eigenvalue weighted by Gasteiger charge is 2.33. The number of aromatic carboxylic acids is 1. The van der Waals surface area contributed by atoms with Gasteiger partial charge in [0.2, 0.25) is 0 Å². The summed E-state index contributed by atoms with van der Waals surface area (Å²) in [7, 11) is -3.72. The molecule has 1 aliphatic rings. The summed E-state index contributed by atoms with van der Waals surface area (Å²) >= 11 is 1.19. The second-order valence-corrected chi connectivity index (χ2v) is 8.13. The Morgan fingerprint density at radius 3 is 2.73 bits per heavy atom. The molecule has 0 saturated heterocycles. The maximum atomic E-state index is 12.8. The molecule has 2 aromatic rings. The number of carboxylic acid groups (broad SMARTS) is 1. The number of nitrogens with zero attached hydrogens (tertiary/aromatic N) is 1. The molecule has 1 aromatic heterocycles. The van der Waals surface area contributed by atoms with Gasteiger partial charge >= 0.3 is 5.97 Å². The van der Waals surface area contributed by atoms with Crippen LogP contribution in [0.4, 0.5) is 5.69 Å². The van der Waals surface area contributed by atoms with E-state index in [2.05, 4.69) is 0 Å². The Hall–Kier alpha value is -2.06. The highest BCUT2D eigenvalue weighted by molar-refractivity contribution is 7.94. The second-order valence-electron chi connectivity index (χ2n) is 4.75. The lowest BCUT2D eigenvalue weighted by Crippen LogP contribution is -2.38. The van der Waals surface area contributed by atoms with E-state index in [1.165, 1.54) is 27.8 Å². The summed E-state index contributed by atoms with van der Waals surface area (Å²) in [6, 6.07) is 7.77. The molecule has 1 aromatic carbocycles. The minimum Gasteiger partial charge on any atom is -0.489 e. The van der Waals surface area contributed by atoms with E-state index in [1.54, 1.807) is 18.2 Å². The van der Waals surface area contributed by atoms with Crippen LogP contribution in [0.3, 0.4) is 0 Å². The zero-order valence-corrected chi connectivity index (χ0v) is 13.3. The second kappa shape index (κ2) is 5.29. The van der Waals surface area contributed by atoms with Gasteiger partial charge in [0.1, 0.15) is 16.4 Å². The molecule has 0 atom stereocenters. The Labute approximate surface area is 131 Å². The number of para-hydroxylation sites is 1. The molecule has 116 valence electrons. The molecule has 0 spiro atoms. The minimum atomic E-state index is -3.72. The first-order valence-corrected chi connectivity index (χ1v) is 8.75. The van der Waals surface area contributed by atoms with Gasteiger partial charge in [-0.3, -0.25) is 4.31 Å². The van der Waals surface area contributed by atoms with Crippen LogP contribution in [0.15, 0.2) is 34.5 Å². The van der Waals surface area contributed by atoms with E-state index in [9.17, 15) is 18.3 Å². The standard InChI is InChI=1S/C14H13NO5S2/c1-9-5-6-12(21-9)22(18,19)15-7-8-20-13-10(14(16)17)3-2-4-11(13)15/h2-6H,7-8H2,1H3,(H,16,17). The summed E-state index contributed by atoms with van der Waals surface area (Å²) < 4.78 is 32.4. The molecule has 0 bridgehead atoms. The quantitative estimate of drug-likeness (QED) is 0.928. The third kappa shape index (κ3) is 2.34. The smallest absolute Gasteiger partial charge is 0.339 e. The number of rotatable bonds is 3. The molecule has 0 aliphatic carbocycles. The summed E-state index contributed by atoms with van der Waals surface area (Å²) in [5.41, 5.74) is 0.219. The molecular formula is C14H13NO5S2. The topological polar surface area (TPSA) is 83.9 Å². The van der Waals surface area contributed by atoms with Crippen molar-refractivity contribution < 1.29 is 23.1 Å². The van der Waals surface area contributed by atoms with Crippen molar-refractivity contribution in [1.29, 1.82) is 0 Å². The summed E-state index contributed by atoms with van der Waals surface area (Å²) in [6.07, 6.45) is 0. The van der Waals surface area contributed by atoms with Gasteiger partial charge < -0.3 is 9.84 Å².